The van der Waals surface area contributed by atoms with Crippen molar-refractivity contribution in [3.05, 3.63) is 22.7 Å². The summed E-state index contributed by atoms with van der Waals surface area (Å²) in [6.07, 6.45) is 0.909. The van der Waals surface area contributed by atoms with Crippen LogP contribution in [0.4, 0.5) is 0 Å². The molecule has 0 bridgehead atoms. The summed E-state index contributed by atoms with van der Waals surface area (Å²) >= 11 is 5.93. The number of ether oxygens (including phenoxy) is 2. The van der Waals surface area contributed by atoms with Crippen LogP contribution in [0.2, 0.25) is 5.02 Å². The predicted octanol–water partition coefficient (Wildman–Crippen LogP) is 2.67. The summed E-state index contributed by atoms with van der Waals surface area (Å²) in [5.41, 5.74) is 1.11. The van der Waals surface area contributed by atoms with Crippen LogP contribution in [0.25, 0.3) is 0 Å². The van der Waals surface area contributed by atoms with Crippen LogP contribution in [0.3, 0.4) is 0 Å². The molecule has 0 atom stereocenters. The highest BCUT2D eigenvalue weighted by Gasteiger charge is 2.15. The minimum atomic E-state index is 0.608. The number of rotatable bonds is 1. The van der Waals surface area contributed by atoms with E-state index in [-0.39, 0.29) is 0 Å². The molecule has 2 nitrogen and oxygen atoms in total. The molecule has 0 aliphatic carbocycles. The molecule has 0 saturated carbocycles. The smallest absolute Gasteiger partial charge is 0.164 e. The van der Waals surface area contributed by atoms with Gasteiger partial charge in [-0.05, 0) is 18.1 Å². The van der Waals surface area contributed by atoms with Gasteiger partial charge < -0.3 is 9.47 Å². The van der Waals surface area contributed by atoms with Gasteiger partial charge >= 0.3 is 0 Å². The van der Waals surface area contributed by atoms with Crippen molar-refractivity contribution in [1.82, 2.24) is 0 Å². The number of halogens is 1. The zero-order chi connectivity index (χ0) is 9.26. The van der Waals surface area contributed by atoms with E-state index in [1.54, 1.807) is 6.07 Å². The summed E-state index contributed by atoms with van der Waals surface area (Å²) in [5.74, 6) is 1.63. The van der Waals surface area contributed by atoms with Crippen LogP contribution < -0.4 is 9.47 Å². The van der Waals surface area contributed by atoms with E-state index in [0.717, 1.165) is 23.5 Å². The number of hydrogen-bond donors (Lipinski definition) is 0. The summed E-state index contributed by atoms with van der Waals surface area (Å²) < 4.78 is 11.0. The summed E-state index contributed by atoms with van der Waals surface area (Å²) in [7, 11) is 0. The lowest BCUT2D eigenvalue weighted by Gasteiger charge is -2.20. The average molecular weight is 199 g/mol. The van der Waals surface area contributed by atoms with Crippen molar-refractivity contribution in [3.8, 4) is 11.5 Å². The molecular weight excluding hydrogens is 188 g/mol. The van der Waals surface area contributed by atoms with E-state index in [0.29, 0.717) is 18.2 Å². The zero-order valence-corrected chi connectivity index (χ0v) is 8.23. The van der Waals surface area contributed by atoms with Gasteiger partial charge in [-0.2, -0.15) is 0 Å². The molecule has 1 aliphatic heterocycles. The van der Waals surface area contributed by atoms with Crippen molar-refractivity contribution in [2.75, 3.05) is 13.2 Å². The molecular formula is C10H11ClO2. The Morgan fingerprint density at radius 3 is 2.85 bits per heavy atom. The lowest BCUT2D eigenvalue weighted by atomic mass is 10.1. The third-order valence-electron chi connectivity index (χ3n) is 2.06. The fourth-order valence-electron chi connectivity index (χ4n) is 1.45. The Hall–Kier alpha value is -0.890. The SMILES string of the molecule is CCc1cc(Cl)cc2c1OCCO2. The molecule has 0 spiro atoms. The second-order valence-corrected chi connectivity index (χ2v) is 3.38. The van der Waals surface area contributed by atoms with Crippen LogP contribution in [-0.4, -0.2) is 13.2 Å². The van der Waals surface area contributed by atoms with Gasteiger partial charge in [0.1, 0.15) is 13.2 Å². The Morgan fingerprint density at radius 2 is 2.08 bits per heavy atom. The van der Waals surface area contributed by atoms with Crippen molar-refractivity contribution < 1.29 is 9.47 Å². The molecule has 0 amide bonds. The average Bonchev–Trinajstić information content (AvgIpc) is 2.16. The van der Waals surface area contributed by atoms with Crippen LogP contribution in [0.1, 0.15) is 12.5 Å². The van der Waals surface area contributed by atoms with E-state index in [2.05, 4.69) is 6.92 Å². The van der Waals surface area contributed by atoms with Crippen LogP contribution >= 0.6 is 11.6 Å². The highest BCUT2D eigenvalue weighted by molar-refractivity contribution is 6.30. The number of benzene rings is 1. The van der Waals surface area contributed by atoms with Gasteiger partial charge in [-0.25, -0.2) is 0 Å². The standard InChI is InChI=1S/C10H11ClO2/c1-2-7-5-8(11)6-9-10(7)13-4-3-12-9/h5-6H,2-4H2,1H3. The maximum Gasteiger partial charge on any atom is 0.164 e. The Morgan fingerprint density at radius 1 is 1.31 bits per heavy atom. The van der Waals surface area contributed by atoms with Gasteiger partial charge in [0.15, 0.2) is 11.5 Å². The molecule has 0 unspecified atom stereocenters. The summed E-state index contributed by atoms with van der Waals surface area (Å²) in [4.78, 5) is 0. The van der Waals surface area contributed by atoms with Crippen LogP contribution in [0.5, 0.6) is 11.5 Å². The maximum absolute atomic E-state index is 5.93. The van der Waals surface area contributed by atoms with E-state index >= 15 is 0 Å². The number of fused-ring (bicyclic) bond motifs is 1. The molecule has 0 radical (unpaired) electrons. The zero-order valence-electron chi connectivity index (χ0n) is 7.47. The first-order chi connectivity index (χ1) is 6.31. The van der Waals surface area contributed by atoms with Crippen LogP contribution in [0, 0.1) is 0 Å². The van der Waals surface area contributed by atoms with Crippen molar-refractivity contribution in [1.29, 1.82) is 0 Å². The highest BCUT2D eigenvalue weighted by Crippen LogP contribution is 2.36. The first-order valence-electron chi connectivity index (χ1n) is 4.39. The fourth-order valence-corrected chi connectivity index (χ4v) is 1.68. The maximum atomic E-state index is 5.93. The molecule has 1 aromatic rings. The Labute approximate surface area is 82.4 Å². The van der Waals surface area contributed by atoms with Gasteiger partial charge in [-0.1, -0.05) is 18.5 Å². The van der Waals surface area contributed by atoms with E-state index in [1.165, 1.54) is 0 Å². The molecule has 0 saturated heterocycles. The molecule has 0 aromatic heterocycles. The molecule has 2 rings (SSSR count). The quantitative estimate of drug-likeness (QED) is 0.691. The third kappa shape index (κ3) is 1.59. The summed E-state index contributed by atoms with van der Waals surface area (Å²) in [6, 6.07) is 3.73. The summed E-state index contributed by atoms with van der Waals surface area (Å²) in [5, 5.41) is 0.709. The monoisotopic (exact) mass is 198 g/mol. The molecule has 0 N–H and O–H groups in total. The number of hydrogen-bond acceptors (Lipinski definition) is 2. The first kappa shape index (κ1) is 8.70. The fraction of sp³-hybridized carbons (Fsp3) is 0.400. The first-order valence-corrected chi connectivity index (χ1v) is 4.77. The normalized spacial score (nSPS) is 14.3. The second kappa shape index (κ2) is 3.46. The van der Waals surface area contributed by atoms with Crippen molar-refractivity contribution in [2.45, 2.75) is 13.3 Å². The van der Waals surface area contributed by atoms with Crippen molar-refractivity contribution in [3.63, 3.8) is 0 Å². The minimum absolute atomic E-state index is 0.608. The Kier molecular flexibility index (Phi) is 2.32. The third-order valence-corrected chi connectivity index (χ3v) is 2.28. The van der Waals surface area contributed by atoms with Crippen LogP contribution in [0.15, 0.2) is 12.1 Å². The molecule has 1 heterocycles. The second-order valence-electron chi connectivity index (χ2n) is 2.94. The highest BCUT2D eigenvalue weighted by atomic mass is 35.5. The molecule has 70 valence electrons. The predicted molar refractivity (Wildman–Crippen MR) is 51.8 cm³/mol. The lowest BCUT2D eigenvalue weighted by molar-refractivity contribution is 0.170. The van der Waals surface area contributed by atoms with Gasteiger partial charge in [0.25, 0.3) is 0 Å². The molecule has 13 heavy (non-hydrogen) atoms. The molecule has 3 heteroatoms. The van der Waals surface area contributed by atoms with E-state index in [9.17, 15) is 0 Å². The van der Waals surface area contributed by atoms with Gasteiger partial charge in [-0.3, -0.25) is 0 Å². The molecule has 0 fully saturated rings. The van der Waals surface area contributed by atoms with Crippen LogP contribution in [-0.2, 0) is 6.42 Å². The lowest BCUT2D eigenvalue weighted by Crippen LogP contribution is -2.16. The molecule has 1 aliphatic rings. The Bertz CT molecular complexity index is 306. The minimum Gasteiger partial charge on any atom is -0.486 e. The van der Waals surface area contributed by atoms with E-state index in [4.69, 9.17) is 21.1 Å². The van der Waals surface area contributed by atoms with E-state index in [1.807, 2.05) is 6.07 Å². The number of aryl methyl sites for hydroxylation is 1. The van der Waals surface area contributed by atoms with Crippen molar-refractivity contribution >= 4 is 11.6 Å². The van der Waals surface area contributed by atoms with Crippen molar-refractivity contribution in [2.24, 2.45) is 0 Å². The van der Waals surface area contributed by atoms with Gasteiger partial charge in [0.2, 0.25) is 0 Å². The summed E-state index contributed by atoms with van der Waals surface area (Å²) in [6.45, 7) is 3.31. The Balaban J connectivity index is 2.50. The topological polar surface area (TPSA) is 18.5 Å². The van der Waals surface area contributed by atoms with Gasteiger partial charge in [0, 0.05) is 11.1 Å². The largest absolute Gasteiger partial charge is 0.486 e. The molecule has 1 aromatic carbocycles. The van der Waals surface area contributed by atoms with E-state index < -0.39 is 0 Å². The van der Waals surface area contributed by atoms with Gasteiger partial charge in [-0.15, -0.1) is 0 Å². The van der Waals surface area contributed by atoms with Gasteiger partial charge in [0.05, 0.1) is 0 Å².